The van der Waals surface area contributed by atoms with Crippen molar-refractivity contribution in [1.29, 1.82) is 0 Å². The van der Waals surface area contributed by atoms with Gasteiger partial charge in [-0.05, 0) is 239 Å². The SMILES string of the molecule is [C-]#[N+]c1ccc(-n2c3ccc(-c4ccc(C)cc4C)cc3c3cc(-c4ccc(C(F)(F)F)cc4C)ccc32)c(-c2cc(-n3c4ccc(-c5ccc(C(F)(F)F)cc5C)cc4c4cc(-c5ccc(C(F)(F)F)cc5C(F)(F)F)ccc43)ccc2-c2c(C)cccc2C(F)(F)F)c1. The maximum Gasteiger partial charge on any atom is 0.417 e. The molecule has 0 unspecified atom stereocenters. The third kappa shape index (κ3) is 11.3. The number of alkyl halides is 15. The molecule has 0 saturated carbocycles. The van der Waals surface area contributed by atoms with Gasteiger partial charge in [0.15, 0.2) is 5.69 Å². The summed E-state index contributed by atoms with van der Waals surface area (Å²) in [4.78, 5) is 3.80. The van der Waals surface area contributed by atoms with Crippen molar-refractivity contribution in [2.24, 2.45) is 0 Å². The van der Waals surface area contributed by atoms with E-state index < -0.39 is 64.3 Å². The van der Waals surface area contributed by atoms with Crippen LogP contribution in [0.25, 0.3) is 127 Å². The van der Waals surface area contributed by atoms with Crippen LogP contribution in [-0.2, 0) is 30.9 Å². The summed E-state index contributed by atoms with van der Waals surface area (Å²) in [5, 5.41) is 1.87. The molecule has 0 amide bonds. The van der Waals surface area contributed by atoms with E-state index in [0.717, 1.165) is 58.7 Å². The van der Waals surface area contributed by atoms with E-state index in [2.05, 4.69) is 4.85 Å². The van der Waals surface area contributed by atoms with Crippen molar-refractivity contribution >= 4 is 49.3 Å². The molecule has 2 aromatic heterocycles. The Kier molecular flexibility index (Phi) is 15.0. The van der Waals surface area contributed by atoms with Gasteiger partial charge in [0.1, 0.15) is 0 Å². The summed E-state index contributed by atoms with van der Waals surface area (Å²) in [7, 11) is 0. The van der Waals surface area contributed by atoms with E-state index in [1.807, 2.05) is 60.9 Å². The summed E-state index contributed by atoms with van der Waals surface area (Å²) < 4.78 is 221. The molecule has 95 heavy (non-hydrogen) atoms. The largest absolute Gasteiger partial charge is 0.417 e. The highest BCUT2D eigenvalue weighted by molar-refractivity contribution is 6.14. The Bertz CT molecular complexity index is 5370. The molecule has 13 aromatic rings. The molecule has 0 aliphatic rings. The lowest BCUT2D eigenvalue weighted by atomic mass is 9.87. The van der Waals surface area contributed by atoms with Gasteiger partial charge in [0, 0.05) is 27.2 Å². The fourth-order valence-corrected chi connectivity index (χ4v) is 13.3. The zero-order chi connectivity index (χ0) is 67.7. The summed E-state index contributed by atoms with van der Waals surface area (Å²) >= 11 is 0. The third-order valence-corrected chi connectivity index (χ3v) is 17.7. The topological polar surface area (TPSA) is 14.2 Å². The van der Waals surface area contributed by atoms with Gasteiger partial charge in [-0.1, -0.05) is 90.5 Å². The van der Waals surface area contributed by atoms with Crippen molar-refractivity contribution in [3.8, 4) is 78.1 Å². The van der Waals surface area contributed by atoms with Crippen LogP contribution in [0.4, 0.5) is 71.5 Å². The molecular weight excluding hydrogens is 1250 g/mol. The molecule has 0 fully saturated rings. The van der Waals surface area contributed by atoms with Crippen LogP contribution in [-0.4, -0.2) is 9.13 Å². The Morgan fingerprint density at radius 3 is 1.17 bits per heavy atom. The standard InChI is InChI=1S/C77H48F15N3/c1-40-10-20-54(42(3)30-40)45-12-27-69-62(34-45)63-35-47(56-22-16-50(32-44(56)5)74(81,82)83)13-28-70(63)95(69)71-29-18-52(93-6)38-64(71)59-39-53(19-24-58(59)72-41(2)8-7-9-65(72)76(87,88)89)94-67-25-11-46(55-21-15-49(31-43(55)4)73(78,79)80)33-60(67)61-36-48(14-26-68(61)94)57-23-17-51(75(84,85)86)37-66(57)77(90,91)92/h7-39H,1-5H3. The highest BCUT2D eigenvalue weighted by Gasteiger charge is 2.40. The van der Waals surface area contributed by atoms with E-state index in [1.165, 1.54) is 62.4 Å². The first-order chi connectivity index (χ1) is 44.8. The normalized spacial score (nSPS) is 12.6. The minimum Gasteiger partial charge on any atom is -0.309 e. The number of nitrogens with zero attached hydrogens (tertiary/aromatic N) is 3. The predicted molar refractivity (Wildman–Crippen MR) is 343 cm³/mol. The van der Waals surface area contributed by atoms with Crippen LogP contribution in [0.3, 0.4) is 0 Å². The molecule has 0 spiro atoms. The van der Waals surface area contributed by atoms with E-state index in [0.29, 0.717) is 72.3 Å². The first-order valence-corrected chi connectivity index (χ1v) is 29.5. The van der Waals surface area contributed by atoms with Crippen molar-refractivity contribution < 1.29 is 65.9 Å². The fourth-order valence-electron chi connectivity index (χ4n) is 13.3. The number of aromatic nitrogens is 2. The van der Waals surface area contributed by atoms with Crippen molar-refractivity contribution in [2.45, 2.75) is 65.5 Å². The van der Waals surface area contributed by atoms with Gasteiger partial charge < -0.3 is 9.13 Å². The minimum absolute atomic E-state index is 0.0254. The van der Waals surface area contributed by atoms with E-state index >= 15 is 13.2 Å². The first kappa shape index (κ1) is 63.2. The van der Waals surface area contributed by atoms with Gasteiger partial charge in [-0.25, -0.2) is 4.85 Å². The average molecular weight is 1300 g/mol. The van der Waals surface area contributed by atoms with Gasteiger partial charge in [-0.3, -0.25) is 0 Å². The number of hydrogen-bond acceptors (Lipinski definition) is 0. The molecule has 3 nitrogen and oxygen atoms in total. The Balaban J connectivity index is 1.11. The van der Waals surface area contributed by atoms with Crippen LogP contribution in [0, 0.1) is 41.2 Å². The maximum atomic E-state index is 15.6. The van der Waals surface area contributed by atoms with Crippen LogP contribution in [0.15, 0.2) is 200 Å². The lowest BCUT2D eigenvalue weighted by Gasteiger charge is -2.22. The zero-order valence-corrected chi connectivity index (χ0v) is 50.6. The molecule has 2 heterocycles. The molecule has 0 saturated heterocycles. The highest BCUT2D eigenvalue weighted by Crippen LogP contribution is 2.50. The summed E-state index contributed by atoms with van der Waals surface area (Å²) in [5.41, 5.74) is 2.50. The van der Waals surface area contributed by atoms with Crippen LogP contribution in [0.5, 0.6) is 0 Å². The lowest BCUT2D eigenvalue weighted by Crippen LogP contribution is -2.12. The van der Waals surface area contributed by atoms with E-state index in [1.54, 1.807) is 72.2 Å². The molecule has 13 rings (SSSR count). The van der Waals surface area contributed by atoms with E-state index in [9.17, 15) is 52.7 Å². The molecule has 18 heteroatoms. The molecule has 0 aliphatic heterocycles. The second-order valence-corrected chi connectivity index (χ2v) is 23.8. The highest BCUT2D eigenvalue weighted by atomic mass is 19.4. The molecule has 0 radical (unpaired) electrons. The number of halogens is 15. The quantitative estimate of drug-likeness (QED) is 0.106. The van der Waals surface area contributed by atoms with Crippen molar-refractivity contribution in [3.63, 3.8) is 0 Å². The van der Waals surface area contributed by atoms with Gasteiger partial charge >= 0.3 is 30.9 Å². The Labute approximate surface area is 533 Å². The molecule has 0 aliphatic carbocycles. The molecular formula is C77H48F15N3. The second-order valence-electron chi connectivity index (χ2n) is 23.8. The smallest absolute Gasteiger partial charge is 0.309 e. The molecule has 0 atom stereocenters. The van der Waals surface area contributed by atoms with Gasteiger partial charge in [0.05, 0.1) is 62.1 Å². The first-order valence-electron chi connectivity index (χ1n) is 29.5. The van der Waals surface area contributed by atoms with Crippen LogP contribution in [0.2, 0.25) is 0 Å². The lowest BCUT2D eigenvalue weighted by molar-refractivity contribution is -0.143. The van der Waals surface area contributed by atoms with Crippen molar-refractivity contribution in [2.75, 3.05) is 0 Å². The Morgan fingerprint density at radius 2 is 0.726 bits per heavy atom. The minimum atomic E-state index is -5.28. The van der Waals surface area contributed by atoms with Gasteiger partial charge in [-0.2, -0.15) is 65.9 Å². The Hall–Kier alpha value is -10.5. The maximum absolute atomic E-state index is 15.6. The molecule has 0 N–H and O–H groups in total. The summed E-state index contributed by atoms with van der Waals surface area (Å²) in [6.45, 7) is 16.9. The monoisotopic (exact) mass is 1300 g/mol. The zero-order valence-electron chi connectivity index (χ0n) is 50.6. The Morgan fingerprint density at radius 1 is 0.305 bits per heavy atom. The average Bonchev–Trinajstić information content (AvgIpc) is 1.62. The number of hydrogen-bond donors (Lipinski definition) is 0. The van der Waals surface area contributed by atoms with Gasteiger partial charge in [-0.15, -0.1) is 0 Å². The van der Waals surface area contributed by atoms with Crippen LogP contribution in [0.1, 0.15) is 55.6 Å². The number of benzene rings is 11. The molecule has 476 valence electrons. The number of aryl methyl sites for hydroxylation is 5. The van der Waals surface area contributed by atoms with E-state index in [-0.39, 0.29) is 67.3 Å². The summed E-state index contributed by atoms with van der Waals surface area (Å²) in [6.07, 6.45) is -24.6. The fraction of sp³-hybridized carbons (Fsp3) is 0.130. The second kappa shape index (κ2) is 22.6. The van der Waals surface area contributed by atoms with Crippen molar-refractivity contribution in [1.82, 2.24) is 9.13 Å². The van der Waals surface area contributed by atoms with E-state index in [4.69, 9.17) is 6.57 Å². The number of fused-ring (bicyclic) bond motifs is 6. The molecule has 0 bridgehead atoms. The molecule has 11 aromatic carbocycles. The number of rotatable bonds is 8. The van der Waals surface area contributed by atoms with Gasteiger partial charge in [0.25, 0.3) is 0 Å². The summed E-state index contributed by atoms with van der Waals surface area (Å²) in [6, 6.07) is 47.4. The van der Waals surface area contributed by atoms with Gasteiger partial charge in [0.2, 0.25) is 0 Å². The predicted octanol–water partition coefficient (Wildman–Crippen LogP) is 25.1. The van der Waals surface area contributed by atoms with Crippen molar-refractivity contribution in [3.05, 3.63) is 267 Å². The summed E-state index contributed by atoms with van der Waals surface area (Å²) in [5.74, 6) is 0. The van der Waals surface area contributed by atoms with Crippen LogP contribution < -0.4 is 0 Å². The third-order valence-electron chi connectivity index (χ3n) is 17.7. The van der Waals surface area contributed by atoms with Crippen LogP contribution >= 0.6 is 0 Å².